The number of nitrogens with one attached hydrogen (secondary N) is 2. The zero-order valence-electron chi connectivity index (χ0n) is 13.1. The van der Waals surface area contributed by atoms with Crippen LogP contribution >= 0.6 is 0 Å². The third-order valence-corrected chi connectivity index (χ3v) is 3.18. The van der Waals surface area contributed by atoms with Crippen LogP contribution in [0, 0.1) is 0 Å². The molecule has 120 valence electrons. The summed E-state index contributed by atoms with van der Waals surface area (Å²) >= 11 is 0. The van der Waals surface area contributed by atoms with Gasteiger partial charge in [-0.1, -0.05) is 18.2 Å². The highest BCUT2D eigenvalue weighted by molar-refractivity contribution is 5.92. The van der Waals surface area contributed by atoms with Gasteiger partial charge in [-0.15, -0.1) is 16.8 Å². The van der Waals surface area contributed by atoms with Gasteiger partial charge in [0, 0.05) is 13.1 Å². The summed E-state index contributed by atoms with van der Waals surface area (Å²) in [7, 11) is 1.65. The summed E-state index contributed by atoms with van der Waals surface area (Å²) in [4.78, 5) is 11.7. The Kier molecular flexibility index (Phi) is 6.11. The monoisotopic (exact) mass is 312 g/mol. The molecule has 0 atom stereocenters. The van der Waals surface area contributed by atoms with Crippen molar-refractivity contribution >= 4 is 11.7 Å². The van der Waals surface area contributed by atoms with E-state index in [1.807, 2.05) is 24.3 Å². The zero-order valence-corrected chi connectivity index (χ0v) is 13.1. The molecule has 1 aromatic carbocycles. The topological polar surface area (TPSA) is 76.1 Å². The normalized spacial score (nSPS) is 9.96. The van der Waals surface area contributed by atoms with Crippen molar-refractivity contribution in [2.45, 2.75) is 6.42 Å². The number of amides is 1. The summed E-state index contributed by atoms with van der Waals surface area (Å²) in [6.45, 7) is 4.67. The Morgan fingerprint density at radius 3 is 2.61 bits per heavy atom. The van der Waals surface area contributed by atoms with Gasteiger partial charge in [-0.3, -0.25) is 4.79 Å². The summed E-state index contributed by atoms with van der Waals surface area (Å²) < 4.78 is 5.13. The predicted molar refractivity (Wildman–Crippen MR) is 89.7 cm³/mol. The van der Waals surface area contributed by atoms with Crippen molar-refractivity contribution in [3.8, 4) is 5.75 Å². The minimum atomic E-state index is -0.262. The Labute approximate surface area is 135 Å². The van der Waals surface area contributed by atoms with Gasteiger partial charge in [0.05, 0.1) is 7.11 Å². The Hall–Kier alpha value is -2.89. The molecule has 2 N–H and O–H groups in total. The van der Waals surface area contributed by atoms with E-state index in [9.17, 15) is 4.79 Å². The molecule has 0 aliphatic rings. The Bertz CT molecular complexity index is 639. The van der Waals surface area contributed by atoms with Gasteiger partial charge in [0.15, 0.2) is 5.69 Å². The molecule has 0 saturated heterocycles. The third kappa shape index (κ3) is 5.10. The number of aromatic nitrogens is 2. The maximum atomic E-state index is 11.7. The van der Waals surface area contributed by atoms with Crippen LogP contribution in [-0.2, 0) is 6.42 Å². The fourth-order valence-electron chi connectivity index (χ4n) is 1.93. The van der Waals surface area contributed by atoms with Crippen LogP contribution in [0.4, 0.5) is 5.82 Å². The van der Waals surface area contributed by atoms with Crippen LogP contribution < -0.4 is 15.4 Å². The van der Waals surface area contributed by atoms with Crippen molar-refractivity contribution in [3.05, 3.63) is 60.3 Å². The number of hydrogen-bond donors (Lipinski definition) is 2. The summed E-state index contributed by atoms with van der Waals surface area (Å²) in [5, 5.41) is 13.7. The standard InChI is InChI=1S/C17H20N4O2/c1-3-11-19-17(22)15-8-9-16(21-20-15)18-12-10-13-4-6-14(23-2)7-5-13/h3-9H,1,10-12H2,2H3,(H,18,21)(H,19,22). The maximum absolute atomic E-state index is 11.7. The number of hydrogen-bond acceptors (Lipinski definition) is 5. The fraction of sp³-hybridized carbons (Fsp3) is 0.235. The van der Waals surface area contributed by atoms with Crippen LogP contribution in [0.3, 0.4) is 0 Å². The van der Waals surface area contributed by atoms with Crippen molar-refractivity contribution in [2.75, 3.05) is 25.5 Å². The average molecular weight is 312 g/mol. The van der Waals surface area contributed by atoms with Gasteiger partial charge in [0.25, 0.3) is 5.91 Å². The van der Waals surface area contributed by atoms with Crippen LogP contribution in [0.15, 0.2) is 49.1 Å². The number of nitrogens with zero attached hydrogens (tertiary/aromatic N) is 2. The van der Waals surface area contributed by atoms with Gasteiger partial charge >= 0.3 is 0 Å². The van der Waals surface area contributed by atoms with Crippen molar-refractivity contribution < 1.29 is 9.53 Å². The van der Waals surface area contributed by atoms with Gasteiger partial charge in [0.2, 0.25) is 0 Å². The van der Waals surface area contributed by atoms with E-state index >= 15 is 0 Å². The number of ether oxygens (including phenoxy) is 1. The molecule has 0 aliphatic heterocycles. The van der Waals surface area contributed by atoms with E-state index in [2.05, 4.69) is 27.4 Å². The lowest BCUT2D eigenvalue weighted by Gasteiger charge is -2.06. The van der Waals surface area contributed by atoms with E-state index in [4.69, 9.17) is 4.74 Å². The minimum absolute atomic E-state index is 0.262. The Balaban J connectivity index is 1.81. The SMILES string of the molecule is C=CCNC(=O)c1ccc(NCCc2ccc(OC)cc2)nn1. The van der Waals surface area contributed by atoms with E-state index in [0.717, 1.165) is 18.7 Å². The average Bonchev–Trinajstić information content (AvgIpc) is 2.61. The number of rotatable bonds is 8. The van der Waals surface area contributed by atoms with Crippen molar-refractivity contribution in [1.82, 2.24) is 15.5 Å². The van der Waals surface area contributed by atoms with Crippen LogP contribution in [0.2, 0.25) is 0 Å². The van der Waals surface area contributed by atoms with Crippen LogP contribution in [0.5, 0.6) is 5.75 Å². The van der Waals surface area contributed by atoms with Crippen molar-refractivity contribution in [2.24, 2.45) is 0 Å². The summed E-state index contributed by atoms with van der Waals surface area (Å²) in [5.74, 6) is 1.22. The minimum Gasteiger partial charge on any atom is -0.497 e. The second-order valence-electron chi connectivity index (χ2n) is 4.83. The highest BCUT2D eigenvalue weighted by Crippen LogP contribution is 2.11. The molecule has 0 unspecified atom stereocenters. The molecular weight excluding hydrogens is 292 g/mol. The van der Waals surface area contributed by atoms with Crippen molar-refractivity contribution in [3.63, 3.8) is 0 Å². The molecule has 0 radical (unpaired) electrons. The highest BCUT2D eigenvalue weighted by Gasteiger charge is 2.06. The molecule has 6 heteroatoms. The predicted octanol–water partition coefficient (Wildman–Crippen LogP) is 2.06. The molecule has 0 bridgehead atoms. The number of carbonyl (C=O) groups excluding carboxylic acids is 1. The van der Waals surface area contributed by atoms with Gasteiger partial charge in [0.1, 0.15) is 11.6 Å². The molecule has 23 heavy (non-hydrogen) atoms. The van der Waals surface area contributed by atoms with Gasteiger partial charge in [-0.05, 0) is 36.2 Å². The molecule has 2 aromatic rings. The number of methoxy groups -OCH3 is 1. The highest BCUT2D eigenvalue weighted by atomic mass is 16.5. The second-order valence-corrected chi connectivity index (χ2v) is 4.83. The van der Waals surface area contributed by atoms with Crippen molar-refractivity contribution in [1.29, 1.82) is 0 Å². The quantitative estimate of drug-likeness (QED) is 0.730. The van der Waals surface area contributed by atoms with Gasteiger partial charge in [-0.25, -0.2) is 0 Å². The number of benzene rings is 1. The molecule has 6 nitrogen and oxygen atoms in total. The first-order chi connectivity index (χ1) is 11.2. The van der Waals surface area contributed by atoms with E-state index in [-0.39, 0.29) is 11.6 Å². The molecule has 0 fully saturated rings. The van der Waals surface area contributed by atoms with Gasteiger partial charge in [-0.2, -0.15) is 0 Å². The maximum Gasteiger partial charge on any atom is 0.272 e. The molecular formula is C17H20N4O2. The molecule has 0 aliphatic carbocycles. The largest absolute Gasteiger partial charge is 0.497 e. The Morgan fingerprint density at radius 2 is 2.00 bits per heavy atom. The first-order valence-electron chi connectivity index (χ1n) is 7.32. The first kappa shape index (κ1) is 16.5. The van der Waals surface area contributed by atoms with E-state index in [1.54, 1.807) is 25.3 Å². The summed E-state index contributed by atoms with van der Waals surface area (Å²) in [6, 6.07) is 11.3. The van der Waals surface area contributed by atoms with E-state index in [0.29, 0.717) is 12.4 Å². The van der Waals surface area contributed by atoms with E-state index in [1.165, 1.54) is 5.56 Å². The fourth-order valence-corrected chi connectivity index (χ4v) is 1.93. The third-order valence-electron chi connectivity index (χ3n) is 3.18. The molecule has 2 rings (SSSR count). The summed E-state index contributed by atoms with van der Waals surface area (Å²) in [6.07, 6.45) is 2.47. The molecule has 1 amide bonds. The first-order valence-corrected chi connectivity index (χ1v) is 7.32. The molecule has 1 heterocycles. The molecule has 0 saturated carbocycles. The van der Waals surface area contributed by atoms with Gasteiger partial charge < -0.3 is 15.4 Å². The van der Waals surface area contributed by atoms with Crippen LogP contribution in [-0.4, -0.2) is 36.3 Å². The Morgan fingerprint density at radius 1 is 1.22 bits per heavy atom. The molecule has 0 spiro atoms. The molecule has 1 aromatic heterocycles. The zero-order chi connectivity index (χ0) is 16.5. The summed E-state index contributed by atoms with van der Waals surface area (Å²) in [5.41, 5.74) is 1.49. The van der Waals surface area contributed by atoms with Crippen LogP contribution in [0.1, 0.15) is 16.1 Å². The number of carbonyl (C=O) groups is 1. The van der Waals surface area contributed by atoms with Crippen LogP contribution in [0.25, 0.3) is 0 Å². The lowest BCUT2D eigenvalue weighted by Crippen LogP contribution is -2.24. The van der Waals surface area contributed by atoms with E-state index < -0.39 is 0 Å². The lowest BCUT2D eigenvalue weighted by atomic mass is 10.1. The second kappa shape index (κ2) is 8.53. The lowest BCUT2D eigenvalue weighted by molar-refractivity contribution is 0.0952. The smallest absolute Gasteiger partial charge is 0.272 e. The number of anilines is 1.